The molecule has 0 saturated carbocycles. The maximum Gasteiger partial charge on any atom is 0.437 e. The number of nitrogens with zero attached hydrogens (tertiary/aromatic N) is 2. The number of hydrogen-bond donors (Lipinski definition) is 1. The first-order valence-corrected chi connectivity index (χ1v) is 8.96. The topological polar surface area (TPSA) is 107 Å². The van der Waals surface area contributed by atoms with E-state index in [9.17, 15) is 14.4 Å². The summed E-state index contributed by atoms with van der Waals surface area (Å²) in [6.45, 7) is 1.03. The molecule has 0 bridgehead atoms. The summed E-state index contributed by atoms with van der Waals surface area (Å²) in [5.41, 5.74) is 1.86. The van der Waals surface area contributed by atoms with E-state index in [0.717, 1.165) is 15.6 Å². The zero-order valence-corrected chi connectivity index (χ0v) is 15.5. The van der Waals surface area contributed by atoms with Gasteiger partial charge in [0.15, 0.2) is 6.10 Å². The molecule has 2 heterocycles. The minimum Gasteiger partial charge on any atom is -0.453 e. The van der Waals surface area contributed by atoms with E-state index in [4.69, 9.17) is 9.15 Å². The van der Waals surface area contributed by atoms with Gasteiger partial charge in [-0.25, -0.2) is 4.79 Å². The van der Waals surface area contributed by atoms with Crippen LogP contribution in [0.4, 0.5) is 0 Å². The number of H-pyrrole nitrogens is 1. The van der Waals surface area contributed by atoms with Crippen LogP contribution in [0.3, 0.4) is 0 Å². The van der Waals surface area contributed by atoms with Crippen molar-refractivity contribution in [3.63, 3.8) is 0 Å². The van der Waals surface area contributed by atoms with Crippen LogP contribution in [0.1, 0.15) is 17.3 Å². The molecule has 1 N–H and O–H groups in total. The van der Waals surface area contributed by atoms with Crippen LogP contribution in [-0.2, 0) is 16.1 Å². The molecule has 0 aliphatic heterocycles. The standard InChI is InChI=1S/C21H17N3O5/c1-13(19(26)16-11-22-17-10-6-5-9-15(16)17)28-18(25)12-24-21(27)29-20(23-24)14-7-3-2-4-8-14/h2-11,13,22H,12H2,1H3/t13-/m0/s1. The highest BCUT2D eigenvalue weighted by atomic mass is 16.5. The largest absolute Gasteiger partial charge is 0.453 e. The number of nitrogens with one attached hydrogen (secondary N) is 1. The second kappa shape index (κ2) is 7.59. The van der Waals surface area contributed by atoms with Crippen LogP contribution in [0, 0.1) is 0 Å². The van der Waals surface area contributed by atoms with E-state index in [1.54, 1.807) is 30.5 Å². The molecular formula is C21H17N3O5. The molecule has 0 amide bonds. The van der Waals surface area contributed by atoms with Gasteiger partial charge < -0.3 is 14.1 Å². The summed E-state index contributed by atoms with van der Waals surface area (Å²) in [6, 6.07) is 16.2. The zero-order valence-electron chi connectivity index (χ0n) is 15.5. The third kappa shape index (κ3) is 3.73. The summed E-state index contributed by atoms with van der Waals surface area (Å²) in [5, 5.41) is 4.76. The highest BCUT2D eigenvalue weighted by molar-refractivity contribution is 6.10. The summed E-state index contributed by atoms with van der Waals surface area (Å²) in [6.07, 6.45) is 0.573. The maximum absolute atomic E-state index is 12.7. The number of Topliss-reactive ketones (excluding diaryl/α,β-unsaturated/α-hetero) is 1. The summed E-state index contributed by atoms with van der Waals surface area (Å²) in [5.74, 6) is -1.78. The lowest BCUT2D eigenvalue weighted by atomic mass is 10.1. The van der Waals surface area contributed by atoms with Crippen LogP contribution in [0.2, 0.25) is 0 Å². The van der Waals surface area contributed by atoms with Crippen LogP contribution in [0.15, 0.2) is 70.0 Å². The monoisotopic (exact) mass is 391 g/mol. The first-order chi connectivity index (χ1) is 14.0. The molecule has 0 saturated heterocycles. The Kier molecular flexibility index (Phi) is 4.82. The Hall–Kier alpha value is -3.94. The van der Waals surface area contributed by atoms with E-state index in [1.807, 2.05) is 30.3 Å². The van der Waals surface area contributed by atoms with Crippen molar-refractivity contribution in [1.82, 2.24) is 14.8 Å². The van der Waals surface area contributed by atoms with Crippen molar-refractivity contribution >= 4 is 22.7 Å². The van der Waals surface area contributed by atoms with E-state index >= 15 is 0 Å². The average Bonchev–Trinajstić information content (AvgIpc) is 3.32. The summed E-state index contributed by atoms with van der Waals surface area (Å²) in [4.78, 5) is 39.9. The molecule has 146 valence electrons. The van der Waals surface area contributed by atoms with Crippen LogP contribution in [0.5, 0.6) is 0 Å². The van der Waals surface area contributed by atoms with E-state index in [0.29, 0.717) is 11.1 Å². The highest BCUT2D eigenvalue weighted by Gasteiger charge is 2.23. The molecule has 29 heavy (non-hydrogen) atoms. The second-order valence-electron chi connectivity index (χ2n) is 6.44. The lowest BCUT2D eigenvalue weighted by molar-refractivity contribution is -0.147. The smallest absolute Gasteiger partial charge is 0.437 e. The number of aromatic nitrogens is 3. The Labute approximate surface area is 164 Å². The van der Waals surface area contributed by atoms with Crippen molar-refractivity contribution in [1.29, 1.82) is 0 Å². The first-order valence-electron chi connectivity index (χ1n) is 8.96. The molecule has 2 aromatic carbocycles. The van der Waals surface area contributed by atoms with E-state index < -0.39 is 24.4 Å². The van der Waals surface area contributed by atoms with Gasteiger partial charge in [0.2, 0.25) is 11.7 Å². The Balaban J connectivity index is 1.45. The summed E-state index contributed by atoms with van der Waals surface area (Å²) >= 11 is 0. The van der Waals surface area contributed by atoms with Crippen LogP contribution >= 0.6 is 0 Å². The van der Waals surface area contributed by atoms with Crippen molar-refractivity contribution in [2.45, 2.75) is 19.6 Å². The number of aromatic amines is 1. The summed E-state index contributed by atoms with van der Waals surface area (Å²) in [7, 11) is 0. The molecule has 0 unspecified atom stereocenters. The molecule has 0 spiro atoms. The number of ketones is 1. The van der Waals surface area contributed by atoms with Crippen molar-refractivity contribution in [3.8, 4) is 11.5 Å². The molecule has 0 aliphatic carbocycles. The molecule has 0 aliphatic rings. The van der Waals surface area contributed by atoms with Crippen molar-refractivity contribution in [3.05, 3.63) is 76.9 Å². The molecule has 0 radical (unpaired) electrons. The van der Waals surface area contributed by atoms with Gasteiger partial charge in [-0.15, -0.1) is 5.10 Å². The molecular weight excluding hydrogens is 374 g/mol. The lowest BCUT2D eigenvalue weighted by Gasteiger charge is -2.11. The average molecular weight is 391 g/mol. The van der Waals surface area contributed by atoms with Gasteiger partial charge in [0.25, 0.3) is 0 Å². The Morgan fingerprint density at radius 2 is 1.86 bits per heavy atom. The number of hydrogen-bond acceptors (Lipinski definition) is 6. The fraction of sp³-hybridized carbons (Fsp3) is 0.143. The van der Waals surface area contributed by atoms with Crippen molar-refractivity contribution in [2.75, 3.05) is 0 Å². The third-order valence-corrected chi connectivity index (χ3v) is 4.44. The van der Waals surface area contributed by atoms with Gasteiger partial charge in [-0.05, 0) is 25.1 Å². The molecule has 1 atom stereocenters. The van der Waals surface area contributed by atoms with E-state index in [1.165, 1.54) is 6.92 Å². The van der Waals surface area contributed by atoms with Gasteiger partial charge in [0, 0.05) is 28.2 Å². The van der Waals surface area contributed by atoms with E-state index in [-0.39, 0.29) is 11.7 Å². The maximum atomic E-state index is 12.7. The molecule has 0 fully saturated rings. The quantitative estimate of drug-likeness (QED) is 0.400. The predicted molar refractivity (Wildman–Crippen MR) is 104 cm³/mol. The predicted octanol–water partition coefficient (Wildman–Crippen LogP) is 2.80. The number of carbonyl (C=O) groups is 2. The number of para-hydroxylation sites is 1. The summed E-state index contributed by atoms with van der Waals surface area (Å²) < 4.78 is 11.2. The van der Waals surface area contributed by atoms with Crippen LogP contribution in [-0.4, -0.2) is 32.6 Å². The second-order valence-corrected chi connectivity index (χ2v) is 6.44. The van der Waals surface area contributed by atoms with E-state index in [2.05, 4.69) is 10.1 Å². The lowest BCUT2D eigenvalue weighted by Crippen LogP contribution is -2.29. The third-order valence-electron chi connectivity index (χ3n) is 4.44. The number of rotatable bonds is 6. The highest BCUT2D eigenvalue weighted by Crippen LogP contribution is 2.20. The number of fused-ring (bicyclic) bond motifs is 1. The van der Waals surface area contributed by atoms with Crippen LogP contribution < -0.4 is 5.76 Å². The zero-order chi connectivity index (χ0) is 20.4. The van der Waals surface area contributed by atoms with Crippen molar-refractivity contribution < 1.29 is 18.7 Å². The SMILES string of the molecule is C[C@H](OC(=O)Cn1nc(-c2ccccc2)oc1=O)C(=O)c1c[nH]c2ccccc12. The first kappa shape index (κ1) is 18.4. The van der Waals surface area contributed by atoms with Crippen LogP contribution in [0.25, 0.3) is 22.4 Å². The minimum absolute atomic E-state index is 0.103. The minimum atomic E-state index is -1.02. The Bertz CT molecular complexity index is 1240. The normalized spacial score (nSPS) is 12.0. The fourth-order valence-corrected chi connectivity index (χ4v) is 3.01. The molecule has 8 nitrogen and oxygen atoms in total. The van der Waals surface area contributed by atoms with Gasteiger partial charge in [-0.3, -0.25) is 9.59 Å². The van der Waals surface area contributed by atoms with Gasteiger partial charge in [0.1, 0.15) is 6.54 Å². The molecule has 4 aromatic rings. The van der Waals surface area contributed by atoms with Crippen molar-refractivity contribution in [2.24, 2.45) is 0 Å². The number of carbonyl (C=O) groups excluding carboxylic acids is 2. The number of esters is 1. The molecule has 2 aromatic heterocycles. The van der Waals surface area contributed by atoms with Gasteiger partial charge >= 0.3 is 11.7 Å². The fourth-order valence-electron chi connectivity index (χ4n) is 3.01. The Morgan fingerprint density at radius 1 is 1.14 bits per heavy atom. The van der Waals surface area contributed by atoms with Gasteiger partial charge in [0.05, 0.1) is 0 Å². The number of benzene rings is 2. The van der Waals surface area contributed by atoms with Gasteiger partial charge in [-0.1, -0.05) is 36.4 Å². The Morgan fingerprint density at radius 3 is 2.66 bits per heavy atom. The molecule has 8 heteroatoms. The molecule has 4 rings (SSSR count). The number of ether oxygens (including phenoxy) is 1. The van der Waals surface area contributed by atoms with Gasteiger partial charge in [-0.2, -0.15) is 4.68 Å².